The molecule has 0 aromatic carbocycles. The molecule has 6 heteroatoms. The molecule has 18 heavy (non-hydrogen) atoms. The third kappa shape index (κ3) is 2.18. The van der Waals surface area contributed by atoms with Crippen LogP contribution in [-0.2, 0) is 4.79 Å². The molecule has 0 unspecified atom stereocenters. The van der Waals surface area contributed by atoms with Crippen LogP contribution in [0.4, 0.5) is 4.79 Å². The van der Waals surface area contributed by atoms with E-state index in [1.54, 1.807) is 0 Å². The van der Waals surface area contributed by atoms with Crippen LogP contribution < -0.4 is 5.32 Å². The first kappa shape index (κ1) is 12.8. The Kier molecular flexibility index (Phi) is 3.53. The number of likely N-dealkylation sites (tertiary alicyclic amines) is 1. The average Bonchev–Trinajstić information content (AvgIpc) is 2.58. The number of urea groups is 1. The highest BCUT2D eigenvalue weighted by atomic mass is 16.2. The van der Waals surface area contributed by atoms with E-state index in [0.29, 0.717) is 19.3 Å². The lowest BCUT2D eigenvalue weighted by atomic mass is 9.87. The van der Waals surface area contributed by atoms with Gasteiger partial charge in [0.25, 0.3) is 5.91 Å². The Morgan fingerprint density at radius 1 is 1.39 bits per heavy atom. The molecule has 2 heterocycles. The summed E-state index contributed by atoms with van der Waals surface area (Å²) in [5.41, 5.74) is -0.669. The lowest BCUT2D eigenvalue weighted by Crippen LogP contribution is -2.54. The largest absolute Gasteiger partial charge is 0.324 e. The van der Waals surface area contributed by atoms with Crippen molar-refractivity contribution >= 4 is 11.9 Å². The topological polar surface area (TPSA) is 76.4 Å². The van der Waals surface area contributed by atoms with Gasteiger partial charge >= 0.3 is 6.03 Å². The summed E-state index contributed by atoms with van der Waals surface area (Å²) < 4.78 is 0. The quantitative estimate of drug-likeness (QED) is 0.577. The Hall–Kier alpha value is -1.61. The second-order valence-corrected chi connectivity index (χ2v) is 4.98. The molecule has 2 aliphatic heterocycles. The maximum atomic E-state index is 12.0. The number of amides is 3. The van der Waals surface area contributed by atoms with Gasteiger partial charge in [-0.3, -0.25) is 9.69 Å². The molecule has 0 bridgehead atoms. The van der Waals surface area contributed by atoms with E-state index in [1.165, 1.54) is 11.9 Å². The zero-order valence-electron chi connectivity index (χ0n) is 10.6. The van der Waals surface area contributed by atoms with Crippen molar-refractivity contribution in [2.24, 2.45) is 0 Å². The predicted molar refractivity (Wildman–Crippen MR) is 64.6 cm³/mol. The van der Waals surface area contributed by atoms with Crippen LogP contribution >= 0.6 is 0 Å². The van der Waals surface area contributed by atoms with Gasteiger partial charge in [-0.15, -0.1) is 0 Å². The molecule has 0 atom stereocenters. The third-order valence-electron chi connectivity index (χ3n) is 3.84. The second kappa shape index (κ2) is 4.94. The van der Waals surface area contributed by atoms with E-state index in [9.17, 15) is 9.59 Å². The van der Waals surface area contributed by atoms with Crippen molar-refractivity contribution in [1.82, 2.24) is 15.1 Å². The van der Waals surface area contributed by atoms with Gasteiger partial charge in [0, 0.05) is 26.6 Å². The molecule has 0 aromatic rings. The Morgan fingerprint density at radius 3 is 2.56 bits per heavy atom. The highest BCUT2D eigenvalue weighted by molar-refractivity contribution is 6.06. The van der Waals surface area contributed by atoms with Crippen molar-refractivity contribution in [3.63, 3.8) is 0 Å². The maximum absolute atomic E-state index is 12.0. The van der Waals surface area contributed by atoms with Gasteiger partial charge in [-0.1, -0.05) is 0 Å². The van der Waals surface area contributed by atoms with Crippen LogP contribution in [0, 0.1) is 11.3 Å². The third-order valence-corrected chi connectivity index (χ3v) is 3.84. The van der Waals surface area contributed by atoms with Gasteiger partial charge in [0.2, 0.25) is 0 Å². The summed E-state index contributed by atoms with van der Waals surface area (Å²) in [5.74, 6) is -0.107. The summed E-state index contributed by atoms with van der Waals surface area (Å²) in [6.07, 6.45) is 2.76. The summed E-state index contributed by atoms with van der Waals surface area (Å²) in [4.78, 5) is 27.0. The van der Waals surface area contributed by atoms with Gasteiger partial charge in [0.1, 0.15) is 5.54 Å². The number of nitrogens with one attached hydrogen (secondary N) is 1. The lowest BCUT2D eigenvalue weighted by Gasteiger charge is -2.37. The summed E-state index contributed by atoms with van der Waals surface area (Å²) in [5, 5.41) is 11.3. The summed E-state index contributed by atoms with van der Waals surface area (Å²) in [6, 6.07) is 1.84. The van der Waals surface area contributed by atoms with Gasteiger partial charge < -0.3 is 10.2 Å². The fourth-order valence-corrected chi connectivity index (χ4v) is 2.63. The highest BCUT2D eigenvalue weighted by Crippen LogP contribution is 2.28. The molecule has 1 spiro atoms. The Labute approximate surface area is 107 Å². The number of imide groups is 1. The Balaban J connectivity index is 1.89. The number of rotatable bonds is 3. The predicted octanol–water partition coefficient (Wildman–Crippen LogP) is 0.306. The van der Waals surface area contributed by atoms with Crippen molar-refractivity contribution in [1.29, 1.82) is 5.26 Å². The fraction of sp³-hybridized carbons (Fsp3) is 0.750. The van der Waals surface area contributed by atoms with Crippen LogP contribution in [0.3, 0.4) is 0 Å². The maximum Gasteiger partial charge on any atom is 0.324 e. The van der Waals surface area contributed by atoms with Crippen LogP contribution in [0.5, 0.6) is 0 Å². The molecule has 2 aliphatic rings. The molecular formula is C12H18N4O2. The van der Waals surface area contributed by atoms with Crippen molar-refractivity contribution in [3.05, 3.63) is 0 Å². The molecule has 0 aliphatic carbocycles. The minimum absolute atomic E-state index is 0.107. The molecule has 2 fully saturated rings. The average molecular weight is 250 g/mol. The van der Waals surface area contributed by atoms with E-state index in [1.807, 2.05) is 0 Å². The van der Waals surface area contributed by atoms with E-state index in [0.717, 1.165) is 26.1 Å². The number of unbranched alkanes of at least 4 members (excludes halogenated alkanes) is 1. The molecule has 6 nitrogen and oxygen atoms in total. The zero-order chi connectivity index (χ0) is 13.2. The number of nitrogens with zero attached hydrogens (tertiary/aromatic N) is 3. The van der Waals surface area contributed by atoms with E-state index in [-0.39, 0.29) is 11.9 Å². The number of hydrogen-bond acceptors (Lipinski definition) is 4. The fourth-order valence-electron chi connectivity index (χ4n) is 2.63. The lowest BCUT2D eigenvalue weighted by molar-refractivity contribution is -0.132. The van der Waals surface area contributed by atoms with E-state index < -0.39 is 5.54 Å². The van der Waals surface area contributed by atoms with Crippen molar-refractivity contribution < 1.29 is 9.59 Å². The summed E-state index contributed by atoms with van der Waals surface area (Å²) >= 11 is 0. The SMILES string of the molecule is CN1C(=O)NC2(CCN(CCCC#N)CC2)C1=O. The van der Waals surface area contributed by atoms with Crippen LogP contribution in [0.1, 0.15) is 25.7 Å². The van der Waals surface area contributed by atoms with E-state index in [4.69, 9.17) is 5.26 Å². The molecule has 98 valence electrons. The number of nitriles is 1. The first-order valence-electron chi connectivity index (χ1n) is 6.29. The number of carbonyl (C=O) groups is 2. The highest BCUT2D eigenvalue weighted by Gasteiger charge is 2.50. The Morgan fingerprint density at radius 2 is 2.06 bits per heavy atom. The number of carbonyl (C=O) groups excluding carboxylic acids is 2. The number of piperidine rings is 1. The zero-order valence-corrected chi connectivity index (χ0v) is 10.6. The van der Waals surface area contributed by atoms with Gasteiger partial charge in [-0.2, -0.15) is 5.26 Å². The van der Waals surface area contributed by atoms with Crippen LogP contribution in [-0.4, -0.2) is 54.0 Å². The van der Waals surface area contributed by atoms with Crippen molar-refractivity contribution in [2.75, 3.05) is 26.7 Å². The summed E-state index contributed by atoms with van der Waals surface area (Å²) in [6.45, 7) is 2.48. The molecule has 0 radical (unpaired) electrons. The molecule has 2 saturated heterocycles. The summed E-state index contributed by atoms with van der Waals surface area (Å²) in [7, 11) is 1.52. The van der Waals surface area contributed by atoms with Crippen LogP contribution in [0.15, 0.2) is 0 Å². The second-order valence-electron chi connectivity index (χ2n) is 4.98. The van der Waals surface area contributed by atoms with Crippen LogP contribution in [0.25, 0.3) is 0 Å². The molecular weight excluding hydrogens is 232 g/mol. The van der Waals surface area contributed by atoms with Gasteiger partial charge in [-0.25, -0.2) is 4.79 Å². The minimum atomic E-state index is -0.669. The first-order valence-corrected chi connectivity index (χ1v) is 6.29. The number of hydrogen-bond donors (Lipinski definition) is 1. The number of likely N-dealkylation sites (N-methyl/N-ethyl adjacent to an activating group) is 1. The minimum Gasteiger partial charge on any atom is -0.323 e. The first-order chi connectivity index (χ1) is 8.59. The normalized spacial score (nSPS) is 23.2. The van der Waals surface area contributed by atoms with Gasteiger partial charge in [-0.05, 0) is 25.8 Å². The molecule has 1 N–H and O–H groups in total. The molecule has 0 aromatic heterocycles. The van der Waals surface area contributed by atoms with Gasteiger partial charge in [0.15, 0.2) is 0 Å². The molecule has 2 rings (SSSR count). The standard InChI is InChI=1S/C12H18N4O2/c1-15-10(17)12(14-11(15)18)4-8-16(9-5-12)7-3-2-6-13/h2-5,7-9H2,1H3,(H,14,18). The van der Waals surface area contributed by atoms with Crippen molar-refractivity contribution in [2.45, 2.75) is 31.2 Å². The Bertz CT molecular complexity index is 393. The van der Waals surface area contributed by atoms with E-state index in [2.05, 4.69) is 16.3 Å². The van der Waals surface area contributed by atoms with E-state index >= 15 is 0 Å². The smallest absolute Gasteiger partial charge is 0.323 e. The van der Waals surface area contributed by atoms with Crippen LogP contribution in [0.2, 0.25) is 0 Å². The molecule has 3 amide bonds. The van der Waals surface area contributed by atoms with Crippen molar-refractivity contribution in [3.8, 4) is 6.07 Å². The van der Waals surface area contributed by atoms with Gasteiger partial charge in [0.05, 0.1) is 6.07 Å². The monoisotopic (exact) mass is 250 g/mol. The molecule has 0 saturated carbocycles.